The van der Waals surface area contributed by atoms with Crippen LogP contribution >= 0.6 is 0 Å². The lowest BCUT2D eigenvalue weighted by molar-refractivity contribution is -0.281. The van der Waals surface area contributed by atoms with Gasteiger partial charge in [-0.15, -0.1) is 0 Å². The van der Waals surface area contributed by atoms with Crippen LogP contribution in [0.4, 0.5) is 0 Å². The van der Waals surface area contributed by atoms with Crippen molar-refractivity contribution >= 4 is 0 Å². The van der Waals surface area contributed by atoms with Crippen molar-refractivity contribution in [3.05, 3.63) is 0 Å². The summed E-state index contributed by atoms with van der Waals surface area (Å²) in [6.45, 7) is 10.0. The predicted molar refractivity (Wildman–Crippen MR) is 89.7 cm³/mol. The maximum Gasteiger partial charge on any atom is 0.209 e. The van der Waals surface area contributed by atoms with Gasteiger partial charge in [0, 0.05) is 54.9 Å². The zero-order chi connectivity index (χ0) is 18.8. The van der Waals surface area contributed by atoms with Crippen LogP contribution in [-0.4, -0.2) is 80.0 Å². The summed E-state index contributed by atoms with van der Waals surface area (Å²) in [4.78, 5) is 0. The molecule has 0 fully saturated rings. The van der Waals surface area contributed by atoms with Gasteiger partial charge in [-0.1, -0.05) is 0 Å². The van der Waals surface area contributed by atoms with Crippen LogP contribution in [0.15, 0.2) is 0 Å². The molecule has 0 saturated heterocycles. The van der Waals surface area contributed by atoms with Gasteiger partial charge in [-0.2, -0.15) is 0 Å². The topological polar surface area (TPSA) is 73.8 Å². The molecule has 24 heavy (non-hydrogen) atoms. The molecule has 0 N–H and O–H groups in total. The number of methoxy groups -OCH3 is 4. The van der Waals surface area contributed by atoms with Crippen LogP contribution < -0.4 is 0 Å². The first-order chi connectivity index (χ1) is 11.6. The monoisotopic (exact) mass is 356 g/mol. The highest BCUT2D eigenvalue weighted by Crippen LogP contribution is 2.08. The van der Waals surface area contributed by atoms with E-state index >= 15 is 0 Å². The van der Waals surface area contributed by atoms with Gasteiger partial charge in [0.15, 0.2) is 0 Å². The van der Waals surface area contributed by atoms with Gasteiger partial charge in [-0.25, -0.2) is 0 Å². The molecule has 0 rings (SSSR count). The van der Waals surface area contributed by atoms with E-state index in [9.17, 15) is 0 Å². The number of ether oxygens (including phenoxy) is 8. The van der Waals surface area contributed by atoms with Crippen LogP contribution in [0.2, 0.25) is 0 Å². The first-order valence-electron chi connectivity index (χ1n) is 8.17. The molecular formula is C16H36O8. The van der Waals surface area contributed by atoms with Crippen molar-refractivity contribution in [3.8, 4) is 0 Å². The Bertz CT molecular complexity index is 198. The zero-order valence-electron chi connectivity index (χ0n) is 16.4. The van der Waals surface area contributed by atoms with E-state index in [0.29, 0.717) is 26.4 Å². The molecule has 0 aliphatic rings. The van der Waals surface area contributed by atoms with Crippen molar-refractivity contribution in [3.63, 3.8) is 0 Å². The van der Waals surface area contributed by atoms with Crippen LogP contribution in [0.5, 0.6) is 0 Å². The summed E-state index contributed by atoms with van der Waals surface area (Å²) in [6.07, 6.45) is -1.78. The first-order valence-corrected chi connectivity index (χ1v) is 8.17. The molecule has 8 nitrogen and oxygen atoms in total. The molecule has 0 heterocycles. The Morgan fingerprint density at radius 1 is 0.417 bits per heavy atom. The van der Waals surface area contributed by atoms with Crippen LogP contribution in [-0.2, 0) is 37.9 Å². The molecule has 0 atom stereocenters. The van der Waals surface area contributed by atoms with E-state index < -0.39 is 25.2 Å². The van der Waals surface area contributed by atoms with Crippen molar-refractivity contribution in [2.75, 3.05) is 54.9 Å². The SMILES string of the molecule is CCOC(OCC)C(OCC)OCC.COC(OC)C(OC)OC. The standard InChI is InChI=1S/C10H22O4.C6H14O4/c1-5-11-9(12-6-2)10(13-7-3)14-8-4;1-7-5(8-2)6(9-3)10-4/h9-10H,5-8H2,1-4H3;5-6H,1-4H3. The number of hydrogen-bond donors (Lipinski definition) is 0. The zero-order valence-corrected chi connectivity index (χ0v) is 16.4. The molecule has 0 bridgehead atoms. The second-order valence-electron chi connectivity index (χ2n) is 4.24. The molecule has 0 aromatic carbocycles. The van der Waals surface area contributed by atoms with E-state index in [2.05, 4.69) is 0 Å². The third kappa shape index (κ3) is 12.1. The summed E-state index contributed by atoms with van der Waals surface area (Å²) >= 11 is 0. The molecule has 0 aliphatic carbocycles. The second-order valence-corrected chi connectivity index (χ2v) is 4.24. The van der Waals surface area contributed by atoms with Crippen molar-refractivity contribution in [2.24, 2.45) is 0 Å². The Morgan fingerprint density at radius 2 is 0.625 bits per heavy atom. The van der Waals surface area contributed by atoms with E-state index in [-0.39, 0.29) is 0 Å². The molecule has 148 valence electrons. The summed E-state index contributed by atoms with van der Waals surface area (Å²) in [5.74, 6) is 0. The maximum atomic E-state index is 5.38. The van der Waals surface area contributed by atoms with Crippen LogP contribution in [0.1, 0.15) is 27.7 Å². The highest BCUT2D eigenvalue weighted by Gasteiger charge is 2.22. The molecule has 0 saturated carbocycles. The van der Waals surface area contributed by atoms with E-state index in [1.807, 2.05) is 27.7 Å². The van der Waals surface area contributed by atoms with E-state index in [1.165, 1.54) is 28.4 Å². The molecule has 0 aliphatic heterocycles. The van der Waals surface area contributed by atoms with Gasteiger partial charge in [0.1, 0.15) is 0 Å². The summed E-state index contributed by atoms with van der Waals surface area (Å²) in [6, 6.07) is 0. The third-order valence-electron chi connectivity index (χ3n) is 2.70. The summed E-state index contributed by atoms with van der Waals surface area (Å²) in [5, 5.41) is 0. The molecule has 0 aromatic heterocycles. The normalized spacial score (nSPS) is 11.5. The maximum absolute atomic E-state index is 5.38. The lowest BCUT2D eigenvalue weighted by atomic mass is 10.5. The minimum absolute atomic E-state index is 0.426. The quantitative estimate of drug-likeness (QED) is 0.438. The average Bonchev–Trinajstić information content (AvgIpc) is 2.59. The Hall–Kier alpha value is -0.320. The van der Waals surface area contributed by atoms with Crippen molar-refractivity contribution < 1.29 is 37.9 Å². The number of rotatable bonds is 14. The lowest BCUT2D eigenvalue weighted by Crippen LogP contribution is -2.36. The smallest absolute Gasteiger partial charge is 0.209 e. The van der Waals surface area contributed by atoms with Gasteiger partial charge in [-0.3, -0.25) is 0 Å². The van der Waals surface area contributed by atoms with Crippen molar-refractivity contribution in [1.82, 2.24) is 0 Å². The average molecular weight is 356 g/mol. The van der Waals surface area contributed by atoms with Gasteiger partial charge in [0.25, 0.3) is 0 Å². The predicted octanol–water partition coefficient (Wildman–Crippen LogP) is 2.01. The molecule has 0 radical (unpaired) electrons. The van der Waals surface area contributed by atoms with Gasteiger partial charge in [0.2, 0.25) is 25.2 Å². The van der Waals surface area contributed by atoms with E-state index in [4.69, 9.17) is 37.9 Å². The van der Waals surface area contributed by atoms with Gasteiger partial charge >= 0.3 is 0 Å². The number of hydrogen-bond acceptors (Lipinski definition) is 8. The van der Waals surface area contributed by atoms with Crippen LogP contribution in [0.3, 0.4) is 0 Å². The highest BCUT2D eigenvalue weighted by molar-refractivity contribution is 4.51. The van der Waals surface area contributed by atoms with E-state index in [1.54, 1.807) is 0 Å². The Labute approximate surface area is 146 Å². The molecule has 8 heteroatoms. The summed E-state index contributed by atoms with van der Waals surface area (Å²) in [7, 11) is 6.11. The third-order valence-corrected chi connectivity index (χ3v) is 2.70. The minimum Gasteiger partial charge on any atom is -0.351 e. The Morgan fingerprint density at radius 3 is 0.750 bits per heavy atom. The first kappa shape index (κ1) is 25.9. The summed E-state index contributed by atoms with van der Waals surface area (Å²) < 4.78 is 41.0. The molecule has 0 unspecified atom stereocenters. The molecular weight excluding hydrogens is 320 g/mol. The van der Waals surface area contributed by atoms with Gasteiger partial charge in [0.05, 0.1) is 0 Å². The van der Waals surface area contributed by atoms with Gasteiger partial charge in [-0.05, 0) is 27.7 Å². The highest BCUT2D eigenvalue weighted by atomic mass is 16.8. The molecule has 0 aromatic rings. The Balaban J connectivity index is 0. The summed E-state index contributed by atoms with van der Waals surface area (Å²) in [5.41, 5.74) is 0. The lowest BCUT2D eigenvalue weighted by Gasteiger charge is -2.25. The van der Waals surface area contributed by atoms with Crippen molar-refractivity contribution in [2.45, 2.75) is 52.9 Å². The van der Waals surface area contributed by atoms with Crippen LogP contribution in [0, 0.1) is 0 Å². The van der Waals surface area contributed by atoms with Gasteiger partial charge < -0.3 is 37.9 Å². The van der Waals surface area contributed by atoms with Crippen LogP contribution in [0.25, 0.3) is 0 Å². The second kappa shape index (κ2) is 19.0. The minimum atomic E-state index is -0.463. The fraction of sp³-hybridized carbons (Fsp3) is 1.00. The van der Waals surface area contributed by atoms with E-state index in [0.717, 1.165) is 0 Å². The largest absolute Gasteiger partial charge is 0.351 e. The fourth-order valence-electron chi connectivity index (χ4n) is 1.70. The fourth-order valence-corrected chi connectivity index (χ4v) is 1.70. The van der Waals surface area contributed by atoms with Crippen molar-refractivity contribution in [1.29, 1.82) is 0 Å². The Kier molecular flexibility index (Phi) is 20.5. The molecule has 0 spiro atoms. The molecule has 0 amide bonds.